The van der Waals surface area contributed by atoms with Gasteiger partial charge in [-0.25, -0.2) is 4.39 Å². The van der Waals surface area contributed by atoms with Crippen molar-refractivity contribution in [2.24, 2.45) is 0 Å². The average molecular weight is 359 g/mol. The van der Waals surface area contributed by atoms with E-state index in [0.717, 1.165) is 19.4 Å². The summed E-state index contributed by atoms with van der Waals surface area (Å²) < 4.78 is 19.4. The Morgan fingerprint density at radius 1 is 1.27 bits per heavy atom. The molecule has 0 aliphatic carbocycles. The maximum Gasteiger partial charge on any atom is 0.240 e. The van der Waals surface area contributed by atoms with Crippen molar-refractivity contribution in [3.05, 3.63) is 46.0 Å². The Hall–Kier alpha value is -2.25. The van der Waals surface area contributed by atoms with Gasteiger partial charge in [0, 0.05) is 36.8 Å². The molecule has 4 rings (SSSR count). The van der Waals surface area contributed by atoms with Crippen LogP contribution in [0.25, 0.3) is 10.9 Å². The van der Waals surface area contributed by atoms with Crippen LogP contribution in [0.3, 0.4) is 0 Å². The number of aromatic nitrogens is 1. The number of rotatable bonds is 3. The van der Waals surface area contributed by atoms with Crippen LogP contribution in [-0.4, -0.2) is 59.6 Å². The van der Waals surface area contributed by atoms with E-state index in [2.05, 4.69) is 9.88 Å². The second-order valence-electron chi connectivity index (χ2n) is 6.89. The van der Waals surface area contributed by atoms with Crippen molar-refractivity contribution in [2.75, 3.05) is 32.8 Å². The number of aromatic amines is 1. The molecule has 2 aromatic rings. The van der Waals surface area contributed by atoms with Gasteiger partial charge in [0.05, 0.1) is 24.8 Å². The van der Waals surface area contributed by atoms with Gasteiger partial charge in [0.2, 0.25) is 5.91 Å². The van der Waals surface area contributed by atoms with Crippen LogP contribution < -0.4 is 5.43 Å². The number of benzene rings is 1. The molecular formula is C19H22FN3O3. The molecule has 1 atom stereocenters. The zero-order valence-electron chi connectivity index (χ0n) is 14.5. The third kappa shape index (κ3) is 3.24. The lowest BCUT2D eigenvalue weighted by molar-refractivity contribution is -0.140. The van der Waals surface area contributed by atoms with Gasteiger partial charge in [0.25, 0.3) is 0 Å². The van der Waals surface area contributed by atoms with E-state index >= 15 is 0 Å². The first-order valence-electron chi connectivity index (χ1n) is 9.04. The maximum atomic E-state index is 14.1. The molecule has 26 heavy (non-hydrogen) atoms. The van der Waals surface area contributed by atoms with Gasteiger partial charge in [-0.2, -0.15) is 0 Å². The number of pyridine rings is 1. The van der Waals surface area contributed by atoms with E-state index in [-0.39, 0.29) is 22.9 Å². The number of nitrogens with one attached hydrogen (secondary N) is 1. The third-order valence-corrected chi connectivity index (χ3v) is 5.21. The van der Waals surface area contributed by atoms with Crippen molar-refractivity contribution < 1.29 is 13.9 Å². The smallest absolute Gasteiger partial charge is 0.240 e. The fourth-order valence-electron chi connectivity index (χ4n) is 3.88. The number of hydrogen-bond acceptors (Lipinski definition) is 4. The summed E-state index contributed by atoms with van der Waals surface area (Å²) in [5.74, 6) is -0.316. The minimum absolute atomic E-state index is 0.125. The molecule has 6 nitrogen and oxygen atoms in total. The van der Waals surface area contributed by atoms with Gasteiger partial charge < -0.3 is 14.6 Å². The molecule has 2 fully saturated rings. The highest BCUT2D eigenvalue weighted by molar-refractivity contribution is 5.82. The third-order valence-electron chi connectivity index (χ3n) is 5.21. The highest BCUT2D eigenvalue weighted by atomic mass is 19.1. The number of fused-ring (bicyclic) bond motifs is 1. The lowest BCUT2D eigenvalue weighted by atomic mass is 10.1. The number of H-pyrrole nitrogens is 1. The standard InChI is InChI=1S/C19H22FN3O3/c20-15-4-1-3-14-17(24)11-13(21-18(14)15)12-23-6-2-5-16(23)19(25)22-7-9-26-10-8-22/h1,3-4,11,16H,2,5-10,12H2,(H,21,24)/t16-/m0/s1. The number of morpholine rings is 1. The fourth-order valence-corrected chi connectivity index (χ4v) is 3.88. The van der Waals surface area contributed by atoms with E-state index in [1.165, 1.54) is 18.2 Å². The van der Waals surface area contributed by atoms with Crippen molar-refractivity contribution >= 4 is 16.8 Å². The van der Waals surface area contributed by atoms with Crippen molar-refractivity contribution in [3.8, 4) is 0 Å². The van der Waals surface area contributed by atoms with Crippen LogP contribution in [0.15, 0.2) is 29.1 Å². The average Bonchev–Trinajstić information content (AvgIpc) is 3.11. The maximum absolute atomic E-state index is 14.1. The molecule has 2 aliphatic heterocycles. The molecule has 138 valence electrons. The van der Waals surface area contributed by atoms with Crippen molar-refractivity contribution in [1.82, 2.24) is 14.8 Å². The Balaban J connectivity index is 1.56. The van der Waals surface area contributed by atoms with E-state index in [0.29, 0.717) is 43.9 Å². The number of nitrogens with zero attached hydrogens (tertiary/aromatic N) is 2. The zero-order chi connectivity index (χ0) is 18.1. The van der Waals surface area contributed by atoms with Crippen LogP contribution in [0, 0.1) is 5.82 Å². The first-order chi connectivity index (χ1) is 12.6. The fraction of sp³-hybridized carbons (Fsp3) is 0.474. The number of carbonyl (C=O) groups excluding carboxylic acids is 1. The summed E-state index contributed by atoms with van der Waals surface area (Å²) in [7, 11) is 0. The van der Waals surface area contributed by atoms with Crippen molar-refractivity contribution in [1.29, 1.82) is 0 Å². The van der Waals surface area contributed by atoms with Crippen LogP contribution in [-0.2, 0) is 16.1 Å². The number of likely N-dealkylation sites (tertiary alicyclic amines) is 1. The predicted octanol–water partition coefficient (Wildman–Crippen LogP) is 1.49. The van der Waals surface area contributed by atoms with E-state index in [1.54, 1.807) is 6.07 Å². The molecule has 2 saturated heterocycles. The lowest BCUT2D eigenvalue weighted by Gasteiger charge is -2.32. The Bertz CT molecular complexity index is 876. The topological polar surface area (TPSA) is 65.6 Å². The molecule has 0 bridgehead atoms. The molecule has 0 saturated carbocycles. The van der Waals surface area contributed by atoms with Crippen LogP contribution in [0.5, 0.6) is 0 Å². The molecule has 1 amide bonds. The van der Waals surface area contributed by atoms with Gasteiger partial charge in [-0.05, 0) is 31.5 Å². The van der Waals surface area contributed by atoms with E-state index in [9.17, 15) is 14.0 Å². The number of ether oxygens (including phenoxy) is 1. The summed E-state index contributed by atoms with van der Waals surface area (Å²) in [6.07, 6.45) is 1.75. The minimum atomic E-state index is -0.441. The van der Waals surface area contributed by atoms with Crippen molar-refractivity contribution in [3.63, 3.8) is 0 Å². The molecule has 1 N–H and O–H groups in total. The highest BCUT2D eigenvalue weighted by Gasteiger charge is 2.34. The molecular weight excluding hydrogens is 337 g/mol. The summed E-state index contributed by atoms with van der Waals surface area (Å²) >= 11 is 0. The Morgan fingerprint density at radius 2 is 2.08 bits per heavy atom. The number of amides is 1. The molecule has 7 heteroatoms. The van der Waals surface area contributed by atoms with Crippen LogP contribution in [0.4, 0.5) is 4.39 Å². The molecule has 0 unspecified atom stereocenters. The van der Waals surface area contributed by atoms with Crippen LogP contribution in [0.1, 0.15) is 18.5 Å². The van der Waals surface area contributed by atoms with Gasteiger partial charge in [-0.15, -0.1) is 0 Å². The van der Waals surface area contributed by atoms with E-state index < -0.39 is 5.82 Å². The van der Waals surface area contributed by atoms with Crippen LogP contribution in [0.2, 0.25) is 0 Å². The normalized spacial score (nSPS) is 21.4. The predicted molar refractivity (Wildman–Crippen MR) is 95.4 cm³/mol. The molecule has 0 spiro atoms. The number of carbonyl (C=O) groups is 1. The second-order valence-corrected chi connectivity index (χ2v) is 6.89. The molecule has 1 aromatic carbocycles. The highest BCUT2D eigenvalue weighted by Crippen LogP contribution is 2.22. The second kappa shape index (κ2) is 7.17. The monoisotopic (exact) mass is 359 g/mol. The lowest BCUT2D eigenvalue weighted by Crippen LogP contribution is -2.49. The number of halogens is 1. The Labute approximate surface area is 150 Å². The summed E-state index contributed by atoms with van der Waals surface area (Å²) in [5, 5.41) is 0.344. The largest absolute Gasteiger partial charge is 0.378 e. The van der Waals surface area contributed by atoms with Gasteiger partial charge in [0.15, 0.2) is 5.43 Å². The first kappa shape index (κ1) is 17.2. The molecule has 3 heterocycles. The zero-order valence-corrected chi connectivity index (χ0v) is 14.5. The molecule has 0 radical (unpaired) electrons. The summed E-state index contributed by atoms with van der Waals surface area (Å²) in [5.41, 5.74) is 0.656. The van der Waals surface area contributed by atoms with E-state index in [1.807, 2.05) is 4.90 Å². The Kier molecular flexibility index (Phi) is 4.74. The summed E-state index contributed by atoms with van der Waals surface area (Å²) in [6, 6.07) is 5.80. The first-order valence-corrected chi connectivity index (χ1v) is 9.04. The summed E-state index contributed by atoms with van der Waals surface area (Å²) in [4.78, 5) is 32.1. The van der Waals surface area contributed by atoms with Crippen LogP contribution >= 0.6 is 0 Å². The molecule has 1 aromatic heterocycles. The SMILES string of the molecule is O=C([C@@H]1CCCN1Cc1cc(=O)c2cccc(F)c2[nH]1)N1CCOCC1. The minimum Gasteiger partial charge on any atom is -0.378 e. The van der Waals surface area contributed by atoms with Gasteiger partial charge >= 0.3 is 0 Å². The summed E-state index contributed by atoms with van der Waals surface area (Å²) in [6.45, 7) is 3.63. The van der Waals surface area contributed by atoms with Crippen molar-refractivity contribution in [2.45, 2.75) is 25.4 Å². The number of para-hydroxylation sites is 1. The van der Waals surface area contributed by atoms with Gasteiger partial charge in [-0.3, -0.25) is 14.5 Å². The molecule has 2 aliphatic rings. The quantitative estimate of drug-likeness (QED) is 0.902. The van der Waals surface area contributed by atoms with Gasteiger partial charge in [0.1, 0.15) is 5.82 Å². The Morgan fingerprint density at radius 3 is 2.88 bits per heavy atom. The number of hydrogen-bond donors (Lipinski definition) is 1. The van der Waals surface area contributed by atoms with E-state index in [4.69, 9.17) is 4.74 Å². The van der Waals surface area contributed by atoms with Gasteiger partial charge in [-0.1, -0.05) is 6.07 Å².